The van der Waals surface area contributed by atoms with Gasteiger partial charge in [-0.3, -0.25) is 14.9 Å². The van der Waals surface area contributed by atoms with Crippen molar-refractivity contribution in [2.24, 2.45) is 5.10 Å². The second-order valence-electron chi connectivity index (χ2n) is 4.49. The summed E-state index contributed by atoms with van der Waals surface area (Å²) >= 11 is 5.98. The molecule has 120 valence electrons. The monoisotopic (exact) mass is 336 g/mol. The Kier molecular flexibility index (Phi) is 5.32. The van der Waals surface area contributed by atoms with Crippen LogP contribution >= 0.6 is 11.6 Å². The summed E-state index contributed by atoms with van der Waals surface area (Å²) in [6.45, 7) is 1.83. The number of furan rings is 1. The predicted molar refractivity (Wildman–Crippen MR) is 85.8 cm³/mol. The predicted octanol–water partition coefficient (Wildman–Crippen LogP) is 2.71. The Morgan fingerprint density at radius 2 is 2.22 bits per heavy atom. The number of carbonyl (C=O) groups is 1. The van der Waals surface area contributed by atoms with Gasteiger partial charge < -0.3 is 9.73 Å². The summed E-state index contributed by atoms with van der Waals surface area (Å²) < 4.78 is 4.86. The summed E-state index contributed by atoms with van der Waals surface area (Å²) in [6.07, 6.45) is 1.18. The molecule has 2 rings (SSSR count). The number of nitro groups is 1. The Bertz CT molecular complexity index is 757. The van der Waals surface area contributed by atoms with Crippen LogP contribution in [-0.4, -0.2) is 23.6 Å². The van der Waals surface area contributed by atoms with Crippen molar-refractivity contribution in [3.63, 3.8) is 0 Å². The zero-order valence-corrected chi connectivity index (χ0v) is 12.8. The normalized spacial score (nSPS) is 10.7. The third-order valence-electron chi connectivity index (χ3n) is 2.88. The molecule has 9 heteroatoms. The van der Waals surface area contributed by atoms with E-state index in [1.807, 2.05) is 6.92 Å². The van der Waals surface area contributed by atoms with Crippen molar-refractivity contribution in [1.82, 2.24) is 5.43 Å². The zero-order valence-electron chi connectivity index (χ0n) is 12.1. The summed E-state index contributed by atoms with van der Waals surface area (Å²) in [4.78, 5) is 21.4. The molecule has 1 aromatic carbocycles. The maximum atomic E-state index is 11.7. The van der Waals surface area contributed by atoms with Gasteiger partial charge in [0.05, 0.1) is 18.8 Å². The second kappa shape index (κ2) is 7.41. The molecule has 23 heavy (non-hydrogen) atoms. The van der Waals surface area contributed by atoms with Crippen molar-refractivity contribution in [2.75, 3.05) is 11.9 Å². The highest BCUT2D eigenvalue weighted by Crippen LogP contribution is 2.22. The van der Waals surface area contributed by atoms with Crippen LogP contribution in [0.3, 0.4) is 0 Å². The highest BCUT2D eigenvalue weighted by atomic mass is 35.5. The number of anilines is 1. The standard InChI is InChI=1S/C14H13ClN4O4/c1-9-11(15)3-2-4-12(9)16-8-13(20)18-17-7-10-5-6-14(23-10)19(21)22/h2-7,16H,8H2,1H3,(H,18,20)/b17-7-. The molecule has 0 aliphatic carbocycles. The third kappa shape index (κ3) is 4.55. The number of benzene rings is 1. The van der Waals surface area contributed by atoms with Crippen LogP contribution in [0.25, 0.3) is 0 Å². The molecule has 0 saturated carbocycles. The second-order valence-corrected chi connectivity index (χ2v) is 4.90. The molecule has 0 unspecified atom stereocenters. The average molecular weight is 337 g/mol. The minimum Gasteiger partial charge on any atom is -0.400 e. The van der Waals surface area contributed by atoms with Crippen molar-refractivity contribution in [1.29, 1.82) is 0 Å². The van der Waals surface area contributed by atoms with Crippen LogP contribution in [0, 0.1) is 17.0 Å². The van der Waals surface area contributed by atoms with E-state index >= 15 is 0 Å². The molecule has 0 spiro atoms. The Hall–Kier alpha value is -2.87. The highest BCUT2D eigenvalue weighted by Gasteiger charge is 2.10. The number of amides is 1. The Balaban J connectivity index is 1.84. The zero-order chi connectivity index (χ0) is 16.8. The molecule has 1 aromatic heterocycles. The lowest BCUT2D eigenvalue weighted by molar-refractivity contribution is -0.402. The van der Waals surface area contributed by atoms with Gasteiger partial charge in [-0.2, -0.15) is 5.10 Å². The number of hydrogen-bond donors (Lipinski definition) is 2. The molecule has 0 fully saturated rings. The van der Waals surface area contributed by atoms with Gasteiger partial charge in [-0.1, -0.05) is 17.7 Å². The van der Waals surface area contributed by atoms with Crippen LogP contribution in [0.15, 0.2) is 39.9 Å². The summed E-state index contributed by atoms with van der Waals surface area (Å²) in [5.41, 5.74) is 3.87. The van der Waals surface area contributed by atoms with Gasteiger partial charge in [-0.05, 0) is 30.7 Å². The first-order valence-electron chi connectivity index (χ1n) is 6.52. The van der Waals surface area contributed by atoms with E-state index < -0.39 is 10.8 Å². The van der Waals surface area contributed by atoms with Gasteiger partial charge in [0.15, 0.2) is 5.76 Å². The van der Waals surface area contributed by atoms with Crippen LogP contribution in [0.5, 0.6) is 0 Å². The third-order valence-corrected chi connectivity index (χ3v) is 3.29. The number of carbonyl (C=O) groups excluding carboxylic acids is 1. The van der Waals surface area contributed by atoms with E-state index in [-0.39, 0.29) is 18.2 Å². The van der Waals surface area contributed by atoms with Crippen LogP contribution in [0.1, 0.15) is 11.3 Å². The largest absolute Gasteiger partial charge is 0.433 e. The first-order chi connectivity index (χ1) is 11.0. The van der Waals surface area contributed by atoms with E-state index in [1.165, 1.54) is 18.3 Å². The highest BCUT2D eigenvalue weighted by molar-refractivity contribution is 6.31. The van der Waals surface area contributed by atoms with Crippen molar-refractivity contribution >= 4 is 35.3 Å². The van der Waals surface area contributed by atoms with Crippen LogP contribution in [0.2, 0.25) is 5.02 Å². The summed E-state index contributed by atoms with van der Waals surface area (Å²) in [5, 5.41) is 17.6. The van der Waals surface area contributed by atoms with Gasteiger partial charge in [0, 0.05) is 10.7 Å². The molecular weight excluding hydrogens is 324 g/mol. The van der Waals surface area contributed by atoms with E-state index in [9.17, 15) is 14.9 Å². The van der Waals surface area contributed by atoms with E-state index in [0.29, 0.717) is 5.02 Å². The lowest BCUT2D eigenvalue weighted by atomic mass is 10.2. The van der Waals surface area contributed by atoms with E-state index in [2.05, 4.69) is 15.8 Å². The van der Waals surface area contributed by atoms with E-state index in [0.717, 1.165) is 11.3 Å². The van der Waals surface area contributed by atoms with Gasteiger partial charge in [0.1, 0.15) is 4.92 Å². The first kappa shape index (κ1) is 16.5. The molecule has 0 aliphatic rings. The molecular formula is C14H13ClN4O4. The van der Waals surface area contributed by atoms with E-state index in [1.54, 1.807) is 18.2 Å². The lowest BCUT2D eigenvalue weighted by Gasteiger charge is -2.09. The molecule has 1 heterocycles. The number of nitrogens with one attached hydrogen (secondary N) is 2. The molecule has 1 amide bonds. The molecule has 0 radical (unpaired) electrons. The van der Waals surface area contributed by atoms with Gasteiger partial charge in [-0.25, -0.2) is 5.43 Å². The maximum Gasteiger partial charge on any atom is 0.433 e. The van der Waals surface area contributed by atoms with Gasteiger partial charge in [-0.15, -0.1) is 0 Å². The van der Waals surface area contributed by atoms with E-state index in [4.69, 9.17) is 16.0 Å². The molecule has 2 aromatic rings. The van der Waals surface area contributed by atoms with Crippen LogP contribution in [-0.2, 0) is 4.79 Å². The molecule has 0 bridgehead atoms. The summed E-state index contributed by atoms with van der Waals surface area (Å²) in [5.74, 6) is -0.617. The van der Waals surface area contributed by atoms with Crippen molar-refractivity contribution in [3.05, 3.63) is 56.8 Å². The number of hydrogen-bond acceptors (Lipinski definition) is 6. The quantitative estimate of drug-likeness (QED) is 0.479. The maximum absolute atomic E-state index is 11.7. The molecule has 0 saturated heterocycles. The Morgan fingerprint density at radius 1 is 1.43 bits per heavy atom. The average Bonchev–Trinajstić information content (AvgIpc) is 2.98. The Morgan fingerprint density at radius 3 is 2.91 bits per heavy atom. The van der Waals surface area contributed by atoms with Crippen molar-refractivity contribution < 1.29 is 14.1 Å². The summed E-state index contributed by atoms with van der Waals surface area (Å²) in [7, 11) is 0. The fourth-order valence-electron chi connectivity index (χ4n) is 1.69. The van der Waals surface area contributed by atoms with Gasteiger partial charge in [0.25, 0.3) is 5.91 Å². The molecule has 0 atom stereocenters. The topological polar surface area (TPSA) is 110 Å². The Labute approximate surface area is 136 Å². The number of nitrogens with zero attached hydrogens (tertiary/aromatic N) is 2. The SMILES string of the molecule is Cc1c(Cl)cccc1NCC(=O)N/N=C\c1ccc([N+](=O)[O-])o1. The number of halogens is 1. The van der Waals surface area contributed by atoms with Gasteiger partial charge >= 0.3 is 5.88 Å². The minimum atomic E-state index is -0.660. The van der Waals surface area contributed by atoms with Crippen molar-refractivity contribution in [3.8, 4) is 0 Å². The lowest BCUT2D eigenvalue weighted by Crippen LogP contribution is -2.26. The van der Waals surface area contributed by atoms with Crippen LogP contribution in [0.4, 0.5) is 11.6 Å². The van der Waals surface area contributed by atoms with Crippen molar-refractivity contribution in [2.45, 2.75) is 6.92 Å². The smallest absolute Gasteiger partial charge is 0.400 e. The number of hydrazone groups is 1. The minimum absolute atomic E-state index is 0.00315. The van der Waals surface area contributed by atoms with Gasteiger partial charge in [0.2, 0.25) is 0 Å². The fraction of sp³-hybridized carbons (Fsp3) is 0.143. The molecule has 8 nitrogen and oxygen atoms in total. The number of rotatable bonds is 6. The molecule has 0 aliphatic heterocycles. The first-order valence-corrected chi connectivity index (χ1v) is 6.90. The van der Waals surface area contributed by atoms with Crippen LogP contribution < -0.4 is 10.7 Å². The summed E-state index contributed by atoms with van der Waals surface area (Å²) in [6, 6.07) is 7.92. The molecule has 2 N–H and O–H groups in total. The fourth-order valence-corrected chi connectivity index (χ4v) is 1.87.